The maximum absolute atomic E-state index is 12.8. The van der Waals surface area contributed by atoms with Crippen LogP contribution in [-0.4, -0.2) is 45.7 Å². The van der Waals surface area contributed by atoms with Gasteiger partial charge in [-0.05, 0) is 37.0 Å². The minimum Gasteiger partial charge on any atom is -0.496 e. The normalized spacial score (nSPS) is 22.5. The summed E-state index contributed by atoms with van der Waals surface area (Å²) in [5, 5.41) is 0. The molecule has 5 rings (SSSR count). The number of ether oxygens (including phenoxy) is 2. The van der Waals surface area contributed by atoms with Gasteiger partial charge in [-0.3, -0.25) is 4.90 Å². The second-order valence-corrected chi connectivity index (χ2v) is 8.43. The van der Waals surface area contributed by atoms with E-state index >= 15 is 0 Å². The molecule has 1 saturated heterocycles. The summed E-state index contributed by atoms with van der Waals surface area (Å²) < 4.78 is 50.1. The third-order valence-electron chi connectivity index (χ3n) is 6.39. The number of piperidine rings is 1. The Balaban J connectivity index is 1.35. The summed E-state index contributed by atoms with van der Waals surface area (Å²) in [5.41, 5.74) is 1.14. The van der Waals surface area contributed by atoms with Crippen LogP contribution in [0, 0.1) is 5.92 Å². The number of hydrogen-bond donors (Lipinski definition) is 0. The number of likely N-dealkylation sites (tertiary alicyclic amines) is 1. The van der Waals surface area contributed by atoms with Crippen molar-refractivity contribution in [1.29, 1.82) is 0 Å². The summed E-state index contributed by atoms with van der Waals surface area (Å²) in [6.07, 6.45) is 1.56. The first-order valence-corrected chi connectivity index (χ1v) is 10.8. The van der Waals surface area contributed by atoms with Crippen LogP contribution in [0.15, 0.2) is 55.0 Å². The summed E-state index contributed by atoms with van der Waals surface area (Å²) in [7, 11) is 1.65. The molecule has 3 unspecified atom stereocenters. The molecular weight excluding hydrogens is 433 g/mol. The van der Waals surface area contributed by atoms with Gasteiger partial charge in [0.2, 0.25) is 5.88 Å². The lowest BCUT2D eigenvalue weighted by atomic mass is 10.0. The van der Waals surface area contributed by atoms with E-state index in [1.807, 2.05) is 18.2 Å². The molecule has 2 aliphatic rings. The quantitative estimate of drug-likeness (QED) is 0.540. The lowest BCUT2D eigenvalue weighted by Gasteiger charge is -2.33. The molecule has 6 nitrogen and oxygen atoms in total. The van der Waals surface area contributed by atoms with Gasteiger partial charge >= 0.3 is 6.18 Å². The fourth-order valence-electron chi connectivity index (χ4n) is 4.93. The zero-order valence-corrected chi connectivity index (χ0v) is 18.0. The summed E-state index contributed by atoms with van der Waals surface area (Å²) in [6.45, 7) is 1.57. The van der Waals surface area contributed by atoms with Gasteiger partial charge in [-0.15, -0.1) is 0 Å². The summed E-state index contributed by atoms with van der Waals surface area (Å²) in [6, 6.07) is 10.1. The van der Waals surface area contributed by atoms with Crippen LogP contribution in [0.5, 0.6) is 11.6 Å². The third-order valence-corrected chi connectivity index (χ3v) is 6.39. The molecule has 3 atom stereocenters. The molecule has 3 heterocycles. The number of pyridine rings is 1. The summed E-state index contributed by atoms with van der Waals surface area (Å²) in [4.78, 5) is 15.0. The van der Waals surface area contributed by atoms with E-state index in [4.69, 9.17) is 9.47 Å². The molecule has 0 spiro atoms. The zero-order valence-electron chi connectivity index (χ0n) is 18.0. The number of methoxy groups -OCH3 is 1. The molecule has 9 heteroatoms. The second-order valence-electron chi connectivity index (χ2n) is 8.43. The number of fused-ring (bicyclic) bond motifs is 2. The summed E-state index contributed by atoms with van der Waals surface area (Å²) >= 11 is 0. The maximum Gasteiger partial charge on any atom is 0.417 e. The van der Waals surface area contributed by atoms with E-state index in [2.05, 4.69) is 19.9 Å². The number of halogens is 3. The minimum absolute atomic E-state index is 0.126. The van der Waals surface area contributed by atoms with E-state index in [0.717, 1.165) is 48.5 Å². The van der Waals surface area contributed by atoms with Crippen molar-refractivity contribution in [2.75, 3.05) is 13.7 Å². The van der Waals surface area contributed by atoms with Crippen LogP contribution >= 0.6 is 0 Å². The van der Waals surface area contributed by atoms with Crippen molar-refractivity contribution in [2.45, 2.75) is 37.7 Å². The van der Waals surface area contributed by atoms with Crippen LogP contribution in [0.4, 0.5) is 13.2 Å². The van der Waals surface area contributed by atoms with Gasteiger partial charge < -0.3 is 9.47 Å². The van der Waals surface area contributed by atoms with Crippen LogP contribution in [0.2, 0.25) is 0 Å². The molecule has 1 aliphatic heterocycles. The lowest BCUT2D eigenvalue weighted by Crippen LogP contribution is -2.43. The van der Waals surface area contributed by atoms with E-state index in [1.54, 1.807) is 25.6 Å². The molecular formula is C24H23F3N4O2. The van der Waals surface area contributed by atoms with Crippen molar-refractivity contribution in [2.24, 2.45) is 5.92 Å². The highest BCUT2D eigenvalue weighted by atomic mass is 19.4. The van der Waals surface area contributed by atoms with Crippen molar-refractivity contribution in [3.63, 3.8) is 0 Å². The van der Waals surface area contributed by atoms with Crippen LogP contribution in [0.1, 0.15) is 24.0 Å². The maximum atomic E-state index is 12.8. The largest absolute Gasteiger partial charge is 0.496 e. The van der Waals surface area contributed by atoms with Gasteiger partial charge in [-0.2, -0.15) is 13.2 Å². The SMILES string of the molecule is COc1cccc(-c2ncccn2)c1CN1CC2CC(Oc3ccc(C(F)(F)F)cn3)C1C2. The van der Waals surface area contributed by atoms with Gasteiger partial charge in [-0.1, -0.05) is 12.1 Å². The molecule has 172 valence electrons. The minimum atomic E-state index is -4.41. The molecule has 3 aromatic rings. The van der Waals surface area contributed by atoms with Crippen LogP contribution in [-0.2, 0) is 12.7 Å². The van der Waals surface area contributed by atoms with Gasteiger partial charge in [0, 0.05) is 54.9 Å². The van der Waals surface area contributed by atoms with Crippen LogP contribution in [0.25, 0.3) is 11.4 Å². The van der Waals surface area contributed by atoms with Crippen molar-refractivity contribution in [3.8, 4) is 23.0 Å². The lowest BCUT2D eigenvalue weighted by molar-refractivity contribution is -0.137. The smallest absolute Gasteiger partial charge is 0.417 e. The molecule has 1 aromatic carbocycles. The molecule has 0 radical (unpaired) electrons. The van der Waals surface area contributed by atoms with Crippen molar-refractivity contribution in [3.05, 3.63) is 66.1 Å². The first kappa shape index (κ1) is 21.6. The molecule has 33 heavy (non-hydrogen) atoms. The summed E-state index contributed by atoms with van der Waals surface area (Å²) in [5.74, 6) is 2.10. The highest BCUT2D eigenvalue weighted by Crippen LogP contribution is 2.42. The van der Waals surface area contributed by atoms with E-state index in [0.29, 0.717) is 18.3 Å². The fourth-order valence-corrected chi connectivity index (χ4v) is 4.93. The zero-order chi connectivity index (χ0) is 23.0. The Bertz CT molecular complexity index is 1110. The highest BCUT2D eigenvalue weighted by Gasteiger charge is 2.46. The molecule has 1 aliphatic carbocycles. The van der Waals surface area contributed by atoms with Gasteiger partial charge in [0.25, 0.3) is 0 Å². The molecule has 2 fully saturated rings. The molecule has 0 amide bonds. The molecule has 2 aromatic heterocycles. The number of aromatic nitrogens is 3. The number of alkyl halides is 3. The Kier molecular flexibility index (Phi) is 5.65. The number of benzene rings is 1. The molecule has 1 saturated carbocycles. The topological polar surface area (TPSA) is 60.4 Å². The number of nitrogens with zero attached hydrogens (tertiary/aromatic N) is 4. The highest BCUT2D eigenvalue weighted by molar-refractivity contribution is 5.64. The average molecular weight is 456 g/mol. The Labute approximate surface area is 189 Å². The number of hydrogen-bond acceptors (Lipinski definition) is 6. The first-order chi connectivity index (χ1) is 15.9. The second kappa shape index (κ2) is 8.62. The Morgan fingerprint density at radius 2 is 1.85 bits per heavy atom. The van der Waals surface area contributed by atoms with Gasteiger partial charge in [0.1, 0.15) is 11.9 Å². The monoisotopic (exact) mass is 456 g/mol. The van der Waals surface area contributed by atoms with Crippen molar-refractivity contribution < 1.29 is 22.6 Å². The van der Waals surface area contributed by atoms with Gasteiger partial charge in [-0.25, -0.2) is 15.0 Å². The van der Waals surface area contributed by atoms with Crippen LogP contribution in [0.3, 0.4) is 0 Å². The fraction of sp³-hybridized carbons (Fsp3) is 0.375. The Morgan fingerprint density at radius 3 is 2.52 bits per heavy atom. The average Bonchev–Trinajstić information content (AvgIpc) is 3.39. The third kappa shape index (κ3) is 4.37. The van der Waals surface area contributed by atoms with Gasteiger partial charge in [0.15, 0.2) is 5.82 Å². The van der Waals surface area contributed by atoms with E-state index in [9.17, 15) is 13.2 Å². The Hall–Kier alpha value is -3.20. The predicted octanol–water partition coefficient (Wildman–Crippen LogP) is 4.61. The molecule has 2 bridgehead atoms. The Morgan fingerprint density at radius 1 is 1.03 bits per heavy atom. The number of rotatable bonds is 6. The first-order valence-electron chi connectivity index (χ1n) is 10.8. The van der Waals surface area contributed by atoms with E-state index in [-0.39, 0.29) is 18.0 Å². The standard InChI is InChI=1S/C24H23F3N4O2/c1-32-20-5-2-4-17(23-28-8-3-9-29-23)18(20)14-31-13-15-10-19(31)21(11-15)33-22-7-6-16(12-30-22)24(25,26)27/h2-9,12,15,19,21H,10-11,13-14H2,1H3. The predicted molar refractivity (Wildman–Crippen MR) is 115 cm³/mol. The van der Waals surface area contributed by atoms with Crippen molar-refractivity contribution in [1.82, 2.24) is 19.9 Å². The van der Waals surface area contributed by atoms with Crippen molar-refractivity contribution >= 4 is 0 Å². The van der Waals surface area contributed by atoms with E-state index in [1.165, 1.54) is 6.07 Å². The van der Waals surface area contributed by atoms with Gasteiger partial charge in [0.05, 0.1) is 12.7 Å². The van der Waals surface area contributed by atoms with Crippen LogP contribution < -0.4 is 9.47 Å². The molecule has 0 N–H and O–H groups in total. The van der Waals surface area contributed by atoms with E-state index < -0.39 is 11.7 Å².